The summed E-state index contributed by atoms with van der Waals surface area (Å²) in [5.41, 5.74) is 0.816. The van der Waals surface area contributed by atoms with E-state index >= 15 is 0 Å². The van der Waals surface area contributed by atoms with E-state index in [9.17, 15) is 0 Å². The molecule has 0 heterocycles. The van der Waals surface area contributed by atoms with Crippen LogP contribution in [0, 0.1) is 5.41 Å². The van der Waals surface area contributed by atoms with Crippen molar-refractivity contribution in [2.75, 3.05) is 0 Å². The highest BCUT2D eigenvalue weighted by molar-refractivity contribution is 5.79. The average molecular weight is 114 g/mol. The summed E-state index contributed by atoms with van der Waals surface area (Å²) in [4.78, 5) is 4.47. The topological polar surface area (TPSA) is 45.4 Å². The first-order chi connectivity index (χ1) is 3.63. The Bertz CT molecular complexity index is 114. The molecule has 0 saturated heterocycles. The molecule has 0 aromatic rings. The molecule has 46 valence electrons. The standard InChI is InChI=1S/C5H10N2O/c1-4(2)7-8-5(3)6/h6H,1-3H3. The zero-order valence-corrected chi connectivity index (χ0v) is 5.36. The van der Waals surface area contributed by atoms with Crippen molar-refractivity contribution in [3.8, 4) is 0 Å². The van der Waals surface area contributed by atoms with Gasteiger partial charge in [-0.1, -0.05) is 5.16 Å². The molecule has 0 rings (SSSR count). The van der Waals surface area contributed by atoms with E-state index in [1.165, 1.54) is 6.92 Å². The van der Waals surface area contributed by atoms with E-state index in [-0.39, 0.29) is 5.90 Å². The molecule has 0 bridgehead atoms. The van der Waals surface area contributed by atoms with Crippen LogP contribution in [-0.4, -0.2) is 11.6 Å². The second kappa shape index (κ2) is 3.18. The number of rotatable bonds is 1. The molecule has 0 unspecified atom stereocenters. The van der Waals surface area contributed by atoms with Crippen molar-refractivity contribution in [3.63, 3.8) is 0 Å². The predicted molar refractivity (Wildman–Crippen MR) is 33.3 cm³/mol. The van der Waals surface area contributed by atoms with Gasteiger partial charge in [0.05, 0.1) is 5.71 Å². The van der Waals surface area contributed by atoms with Crippen LogP contribution in [0.15, 0.2) is 5.16 Å². The van der Waals surface area contributed by atoms with Crippen molar-refractivity contribution < 1.29 is 4.84 Å². The number of hydrogen-bond acceptors (Lipinski definition) is 3. The summed E-state index contributed by atoms with van der Waals surface area (Å²) in [6, 6.07) is 0. The molecule has 0 aromatic carbocycles. The molecule has 3 nitrogen and oxygen atoms in total. The molecular formula is C5H10N2O. The van der Waals surface area contributed by atoms with Crippen molar-refractivity contribution in [1.29, 1.82) is 5.41 Å². The fraction of sp³-hybridized carbons (Fsp3) is 0.600. The molecule has 0 aliphatic rings. The molecule has 0 spiro atoms. The van der Waals surface area contributed by atoms with Crippen LogP contribution in [-0.2, 0) is 4.84 Å². The lowest BCUT2D eigenvalue weighted by atomic mass is 10.5. The van der Waals surface area contributed by atoms with Crippen LogP contribution in [0.3, 0.4) is 0 Å². The van der Waals surface area contributed by atoms with E-state index in [0.29, 0.717) is 0 Å². The van der Waals surface area contributed by atoms with E-state index < -0.39 is 0 Å². The Kier molecular flexibility index (Phi) is 2.84. The predicted octanol–water partition coefficient (Wildman–Crippen LogP) is 1.40. The summed E-state index contributed by atoms with van der Waals surface area (Å²) in [5.74, 6) is 0.117. The molecule has 8 heavy (non-hydrogen) atoms. The summed E-state index contributed by atoms with van der Waals surface area (Å²) in [5, 5.41) is 10.3. The molecule has 0 fully saturated rings. The van der Waals surface area contributed by atoms with E-state index in [2.05, 4.69) is 9.99 Å². The van der Waals surface area contributed by atoms with Crippen LogP contribution in [0.5, 0.6) is 0 Å². The maximum Gasteiger partial charge on any atom is 0.214 e. The number of nitrogens with one attached hydrogen (secondary N) is 1. The Labute approximate surface area is 48.8 Å². The van der Waals surface area contributed by atoms with Crippen molar-refractivity contribution in [2.24, 2.45) is 5.16 Å². The number of oxime groups is 1. The highest BCUT2D eigenvalue weighted by Crippen LogP contribution is 1.79. The zero-order chi connectivity index (χ0) is 6.57. The SMILES string of the molecule is CC(=N)ON=C(C)C. The molecule has 0 radical (unpaired) electrons. The van der Waals surface area contributed by atoms with Crippen molar-refractivity contribution in [2.45, 2.75) is 20.8 Å². The third-order valence-electron chi connectivity index (χ3n) is 0.365. The summed E-state index contributed by atoms with van der Waals surface area (Å²) in [6.45, 7) is 5.15. The van der Waals surface area contributed by atoms with Crippen LogP contribution in [0.1, 0.15) is 20.8 Å². The Hall–Kier alpha value is -0.860. The first-order valence-corrected chi connectivity index (χ1v) is 2.36. The van der Waals surface area contributed by atoms with Crippen LogP contribution in [0.4, 0.5) is 0 Å². The average Bonchev–Trinajstić information content (AvgIpc) is 1.61. The molecule has 0 saturated carbocycles. The second-order valence-electron chi connectivity index (χ2n) is 1.69. The number of nitrogens with zero attached hydrogens (tertiary/aromatic N) is 1. The van der Waals surface area contributed by atoms with Crippen molar-refractivity contribution >= 4 is 11.6 Å². The van der Waals surface area contributed by atoms with Crippen molar-refractivity contribution in [1.82, 2.24) is 0 Å². The molecule has 0 aromatic heterocycles. The Morgan fingerprint density at radius 2 is 1.88 bits per heavy atom. The van der Waals surface area contributed by atoms with Crippen molar-refractivity contribution in [3.05, 3.63) is 0 Å². The fourth-order valence-corrected chi connectivity index (χ4v) is 0.160. The minimum atomic E-state index is 0.117. The maximum atomic E-state index is 6.76. The van der Waals surface area contributed by atoms with Gasteiger partial charge in [-0.15, -0.1) is 0 Å². The third kappa shape index (κ3) is 5.14. The summed E-state index contributed by atoms with van der Waals surface area (Å²) in [7, 11) is 0. The van der Waals surface area contributed by atoms with E-state index in [0.717, 1.165) is 5.71 Å². The quantitative estimate of drug-likeness (QED) is 0.312. The fourth-order valence-electron chi connectivity index (χ4n) is 0.160. The molecule has 0 aliphatic heterocycles. The smallest absolute Gasteiger partial charge is 0.214 e. The Morgan fingerprint density at radius 1 is 1.38 bits per heavy atom. The van der Waals surface area contributed by atoms with Crippen LogP contribution in [0.25, 0.3) is 0 Å². The zero-order valence-electron chi connectivity index (χ0n) is 5.36. The monoisotopic (exact) mass is 114 g/mol. The first kappa shape index (κ1) is 7.14. The van der Waals surface area contributed by atoms with E-state index in [1.807, 2.05) is 13.8 Å². The Balaban J connectivity index is 3.45. The minimum Gasteiger partial charge on any atom is -0.342 e. The maximum absolute atomic E-state index is 6.76. The van der Waals surface area contributed by atoms with Gasteiger partial charge in [-0.3, -0.25) is 5.41 Å². The van der Waals surface area contributed by atoms with Gasteiger partial charge in [0, 0.05) is 6.92 Å². The van der Waals surface area contributed by atoms with Crippen LogP contribution < -0.4 is 0 Å². The van der Waals surface area contributed by atoms with Gasteiger partial charge in [0.15, 0.2) is 0 Å². The lowest BCUT2D eigenvalue weighted by Gasteiger charge is -1.91. The van der Waals surface area contributed by atoms with E-state index in [1.54, 1.807) is 0 Å². The van der Waals surface area contributed by atoms with Gasteiger partial charge in [0.2, 0.25) is 5.90 Å². The van der Waals surface area contributed by atoms with Gasteiger partial charge in [-0.2, -0.15) is 0 Å². The van der Waals surface area contributed by atoms with Gasteiger partial charge in [0.25, 0.3) is 0 Å². The second-order valence-corrected chi connectivity index (χ2v) is 1.69. The summed E-state index contributed by atoms with van der Waals surface area (Å²) < 4.78 is 0. The lowest BCUT2D eigenvalue weighted by molar-refractivity contribution is 0.321. The first-order valence-electron chi connectivity index (χ1n) is 2.36. The number of hydrogen-bond donors (Lipinski definition) is 1. The molecule has 0 amide bonds. The third-order valence-corrected chi connectivity index (χ3v) is 0.365. The van der Waals surface area contributed by atoms with Gasteiger partial charge in [-0.25, -0.2) is 0 Å². The highest BCUT2D eigenvalue weighted by Gasteiger charge is 1.81. The summed E-state index contributed by atoms with van der Waals surface area (Å²) in [6.07, 6.45) is 0. The van der Waals surface area contributed by atoms with Gasteiger partial charge in [0.1, 0.15) is 0 Å². The van der Waals surface area contributed by atoms with E-state index in [4.69, 9.17) is 5.41 Å². The largest absolute Gasteiger partial charge is 0.342 e. The van der Waals surface area contributed by atoms with Gasteiger partial charge in [-0.05, 0) is 13.8 Å². The van der Waals surface area contributed by atoms with Gasteiger partial charge >= 0.3 is 0 Å². The molecular weight excluding hydrogens is 104 g/mol. The summed E-state index contributed by atoms with van der Waals surface area (Å²) >= 11 is 0. The highest BCUT2D eigenvalue weighted by atomic mass is 16.6. The Morgan fingerprint density at radius 3 is 2.00 bits per heavy atom. The molecule has 0 aliphatic carbocycles. The van der Waals surface area contributed by atoms with Gasteiger partial charge < -0.3 is 4.84 Å². The van der Waals surface area contributed by atoms with Crippen LogP contribution >= 0.6 is 0 Å². The molecule has 1 N–H and O–H groups in total. The lowest BCUT2D eigenvalue weighted by Crippen LogP contribution is -1.92. The minimum absolute atomic E-state index is 0.117. The molecule has 0 atom stereocenters. The van der Waals surface area contributed by atoms with Crippen LogP contribution in [0.2, 0.25) is 0 Å². The molecule has 3 heteroatoms. The normalized spacial score (nSPS) is 7.88.